The predicted octanol–water partition coefficient (Wildman–Crippen LogP) is 5.78. The van der Waals surface area contributed by atoms with Gasteiger partial charge in [0.05, 0.1) is 35.8 Å². The number of hydrogen-bond donors (Lipinski definition) is 1. The van der Waals surface area contributed by atoms with Gasteiger partial charge >= 0.3 is 0 Å². The quantitative estimate of drug-likeness (QED) is 0.224. The van der Waals surface area contributed by atoms with Gasteiger partial charge < -0.3 is 29.4 Å². The maximum atomic E-state index is 15.1. The molecule has 264 valence electrons. The van der Waals surface area contributed by atoms with Crippen molar-refractivity contribution in [3.8, 4) is 5.75 Å². The summed E-state index contributed by atoms with van der Waals surface area (Å²) >= 11 is 1.64. The number of aliphatic hydroxyl groups excluding tert-OH is 1. The first kappa shape index (κ1) is 36.5. The van der Waals surface area contributed by atoms with Gasteiger partial charge in [0.2, 0.25) is 11.8 Å². The highest BCUT2D eigenvalue weighted by Crippen LogP contribution is 2.69. The van der Waals surface area contributed by atoms with Crippen LogP contribution in [-0.4, -0.2) is 89.2 Å². The second kappa shape index (κ2) is 15.4. The summed E-state index contributed by atoms with van der Waals surface area (Å²) in [5, 5.41) is 10.5. The lowest BCUT2D eigenvalue weighted by Gasteiger charge is -2.42. The molecule has 7 atom stereocenters. The molecule has 3 aliphatic heterocycles. The third kappa shape index (κ3) is 6.27. The van der Waals surface area contributed by atoms with Crippen LogP contribution in [0.15, 0.2) is 73.8 Å². The number of benzene rings is 2. The van der Waals surface area contributed by atoms with Crippen molar-refractivity contribution < 1.29 is 24.2 Å². The fourth-order valence-corrected chi connectivity index (χ4v) is 10.8. The van der Waals surface area contributed by atoms with Gasteiger partial charge in [0.15, 0.2) is 0 Å². The van der Waals surface area contributed by atoms with Crippen molar-refractivity contribution in [2.75, 3.05) is 54.1 Å². The van der Waals surface area contributed by atoms with Crippen LogP contribution in [0.4, 0.5) is 17.1 Å². The predicted molar refractivity (Wildman–Crippen MR) is 199 cm³/mol. The third-order valence-corrected chi connectivity index (χ3v) is 12.8. The Hall–Kier alpha value is -3.76. The van der Waals surface area contributed by atoms with Crippen LogP contribution in [-0.2, 0) is 14.4 Å². The molecule has 49 heavy (non-hydrogen) atoms. The molecule has 3 aliphatic rings. The summed E-state index contributed by atoms with van der Waals surface area (Å²) in [5.74, 6) is -1.21. The molecule has 3 fully saturated rings. The van der Waals surface area contributed by atoms with E-state index in [1.54, 1.807) is 38.6 Å². The minimum absolute atomic E-state index is 0.00963. The van der Waals surface area contributed by atoms with Crippen LogP contribution >= 0.6 is 11.8 Å². The number of aliphatic hydroxyl groups is 1. The van der Waals surface area contributed by atoms with E-state index in [0.29, 0.717) is 30.9 Å². The van der Waals surface area contributed by atoms with Gasteiger partial charge in [-0.05, 0) is 88.1 Å². The molecule has 1 N–H and O–H groups in total. The average Bonchev–Trinajstić information content (AvgIpc) is 3.71. The molecule has 0 radical (unpaired) electrons. The number of carbonyl (C=O) groups is 3. The fourth-order valence-electron chi connectivity index (χ4n) is 8.38. The third-order valence-electron chi connectivity index (χ3n) is 10.7. The van der Waals surface area contributed by atoms with Crippen LogP contribution in [0.3, 0.4) is 0 Å². The van der Waals surface area contributed by atoms with Crippen molar-refractivity contribution >= 4 is 46.5 Å². The zero-order valence-electron chi connectivity index (χ0n) is 29.6. The van der Waals surface area contributed by atoms with Crippen molar-refractivity contribution in [1.29, 1.82) is 0 Å². The maximum absolute atomic E-state index is 15.1. The largest absolute Gasteiger partial charge is 0.494 e. The topological polar surface area (TPSA) is 93.6 Å². The van der Waals surface area contributed by atoms with E-state index in [9.17, 15) is 14.7 Å². The van der Waals surface area contributed by atoms with Crippen LogP contribution in [0, 0.1) is 17.8 Å². The molecule has 3 unspecified atom stereocenters. The van der Waals surface area contributed by atoms with E-state index < -0.39 is 28.7 Å². The Kier molecular flexibility index (Phi) is 11.5. The molecule has 0 aliphatic carbocycles. The number of nitrogens with zero attached hydrogens (tertiary/aromatic N) is 4. The van der Waals surface area contributed by atoms with Crippen molar-refractivity contribution in [3.05, 3.63) is 73.8 Å². The van der Waals surface area contributed by atoms with E-state index in [1.165, 1.54) is 0 Å². The minimum atomic E-state index is -0.856. The summed E-state index contributed by atoms with van der Waals surface area (Å²) in [5.41, 5.74) is 2.49. The summed E-state index contributed by atoms with van der Waals surface area (Å²) in [6.07, 6.45) is 4.59. The lowest BCUT2D eigenvalue weighted by atomic mass is 9.65. The van der Waals surface area contributed by atoms with Gasteiger partial charge in [0.25, 0.3) is 5.91 Å². The van der Waals surface area contributed by atoms with Gasteiger partial charge in [-0.3, -0.25) is 14.4 Å². The van der Waals surface area contributed by atoms with Gasteiger partial charge in [-0.1, -0.05) is 26.0 Å². The standard InChI is InChI=1S/C39H52N4O5S/c1-8-22-41(30-18-20-31(21-19-30)48-13-6)36(45)33-32-24-26(7)39(49-32)34(33)37(46)43(27(10-3)25-44)35(39)38(47)42(23-9-2)29-16-14-28(15-17-29)40(11-4)12-5/h8-9,14-21,26-27,32-35,44H,1-2,10-13,22-25H2,3-7H3/t26?,27-,32+,33-,34-,35?,39?/m0/s1. The van der Waals surface area contributed by atoms with Gasteiger partial charge in [-0.15, -0.1) is 24.9 Å². The van der Waals surface area contributed by atoms with E-state index in [0.717, 1.165) is 24.5 Å². The number of fused-ring (bicyclic) bond motifs is 1. The smallest absolute Gasteiger partial charge is 0.251 e. The second-order valence-corrected chi connectivity index (χ2v) is 14.7. The Balaban J connectivity index is 1.57. The zero-order valence-corrected chi connectivity index (χ0v) is 30.4. The molecule has 2 aromatic rings. The Morgan fingerprint density at radius 1 is 0.959 bits per heavy atom. The summed E-state index contributed by atoms with van der Waals surface area (Å²) in [7, 11) is 0. The van der Waals surface area contributed by atoms with Crippen molar-refractivity contribution in [3.63, 3.8) is 0 Å². The SMILES string of the molecule is C=CCN(C(=O)C1N([C@@H](CC)CO)C(=O)[C@@H]2[C@@H](C(=O)N(CC=C)c3ccc(OCC)cc3)[C@H]3CC(C)C12S3)c1ccc(N(CC)CC)cc1. The maximum Gasteiger partial charge on any atom is 0.251 e. The molecular formula is C39H52N4O5S. The van der Waals surface area contributed by atoms with E-state index in [2.05, 4.69) is 38.8 Å². The lowest BCUT2D eigenvalue weighted by molar-refractivity contribution is -0.142. The van der Waals surface area contributed by atoms with Crippen molar-refractivity contribution in [2.45, 2.75) is 69.5 Å². The number of hydrogen-bond acceptors (Lipinski definition) is 7. The minimum Gasteiger partial charge on any atom is -0.494 e. The molecule has 2 aromatic carbocycles. The molecule has 9 nitrogen and oxygen atoms in total. The summed E-state index contributed by atoms with van der Waals surface area (Å²) in [6.45, 7) is 20.6. The summed E-state index contributed by atoms with van der Waals surface area (Å²) in [6, 6.07) is 13.9. The zero-order chi connectivity index (χ0) is 35.5. The van der Waals surface area contributed by atoms with Gasteiger partial charge in [-0.2, -0.15) is 0 Å². The van der Waals surface area contributed by atoms with Gasteiger partial charge in [-0.25, -0.2) is 0 Å². The van der Waals surface area contributed by atoms with Crippen molar-refractivity contribution in [1.82, 2.24) is 4.90 Å². The molecule has 5 rings (SSSR count). The number of anilines is 3. The normalized spacial score (nSPS) is 25.9. The molecule has 1 spiro atoms. The Morgan fingerprint density at radius 3 is 2.02 bits per heavy atom. The fraction of sp³-hybridized carbons (Fsp3) is 0.513. The number of likely N-dealkylation sites (tertiary alicyclic amines) is 1. The van der Waals surface area contributed by atoms with E-state index in [4.69, 9.17) is 4.74 Å². The van der Waals surface area contributed by atoms with Crippen LogP contribution in [0.2, 0.25) is 0 Å². The molecule has 3 heterocycles. The molecular weight excluding hydrogens is 637 g/mol. The highest BCUT2D eigenvalue weighted by Gasteiger charge is 2.77. The van der Waals surface area contributed by atoms with E-state index in [-0.39, 0.29) is 48.6 Å². The average molecular weight is 689 g/mol. The Labute approximate surface area is 296 Å². The highest BCUT2D eigenvalue weighted by atomic mass is 32.2. The van der Waals surface area contributed by atoms with Crippen molar-refractivity contribution in [2.24, 2.45) is 17.8 Å². The van der Waals surface area contributed by atoms with E-state index >= 15 is 4.79 Å². The number of carbonyl (C=O) groups excluding carboxylic acids is 3. The van der Waals surface area contributed by atoms with Gasteiger partial charge in [0, 0.05) is 48.5 Å². The number of ether oxygens (including phenoxy) is 1. The first-order chi connectivity index (χ1) is 23.7. The highest BCUT2D eigenvalue weighted by molar-refractivity contribution is 8.02. The number of thioether (sulfide) groups is 1. The molecule has 3 amide bonds. The van der Waals surface area contributed by atoms with Crippen LogP contribution < -0.4 is 19.4 Å². The first-order valence-corrected chi connectivity index (χ1v) is 18.6. The Morgan fingerprint density at radius 2 is 1.51 bits per heavy atom. The van der Waals surface area contributed by atoms with Crippen LogP contribution in [0.25, 0.3) is 0 Å². The monoisotopic (exact) mass is 688 g/mol. The summed E-state index contributed by atoms with van der Waals surface area (Å²) < 4.78 is 4.79. The van der Waals surface area contributed by atoms with Crippen LogP contribution in [0.1, 0.15) is 47.5 Å². The molecule has 2 bridgehead atoms. The molecule has 3 saturated heterocycles. The number of rotatable bonds is 16. The van der Waals surface area contributed by atoms with E-state index in [1.807, 2.05) is 62.4 Å². The van der Waals surface area contributed by atoms with Crippen LogP contribution in [0.5, 0.6) is 5.75 Å². The first-order valence-electron chi connectivity index (χ1n) is 17.7. The molecule has 10 heteroatoms. The molecule has 0 aromatic heterocycles. The Bertz CT molecular complexity index is 1510. The summed E-state index contributed by atoms with van der Waals surface area (Å²) in [4.78, 5) is 52.0. The lowest BCUT2D eigenvalue weighted by Crippen LogP contribution is -2.59. The second-order valence-electron chi connectivity index (χ2n) is 13.1. The molecule has 0 saturated carbocycles. The number of amides is 3. The van der Waals surface area contributed by atoms with Gasteiger partial charge in [0.1, 0.15) is 11.8 Å².